The largest absolute Gasteiger partial charge is 0.496 e. The van der Waals surface area contributed by atoms with Crippen molar-refractivity contribution in [2.75, 3.05) is 7.11 Å². The van der Waals surface area contributed by atoms with Crippen LogP contribution in [0.3, 0.4) is 0 Å². The molecular formula is C17H18O2. The molecule has 2 nitrogen and oxygen atoms in total. The molecule has 0 atom stereocenters. The van der Waals surface area contributed by atoms with Gasteiger partial charge in [0.15, 0.2) is 5.78 Å². The fourth-order valence-corrected chi connectivity index (χ4v) is 2.23. The minimum absolute atomic E-state index is 0.0724. The molecule has 2 aromatic carbocycles. The van der Waals surface area contributed by atoms with E-state index in [1.807, 2.05) is 49.4 Å². The van der Waals surface area contributed by atoms with Crippen molar-refractivity contribution in [1.29, 1.82) is 0 Å². The molecule has 0 unspecified atom stereocenters. The van der Waals surface area contributed by atoms with Gasteiger partial charge in [-0.3, -0.25) is 4.79 Å². The van der Waals surface area contributed by atoms with E-state index < -0.39 is 0 Å². The number of ether oxygens (including phenoxy) is 1. The molecule has 0 amide bonds. The molecule has 0 aliphatic heterocycles. The summed E-state index contributed by atoms with van der Waals surface area (Å²) < 4.78 is 5.22. The fourth-order valence-electron chi connectivity index (χ4n) is 2.23. The van der Waals surface area contributed by atoms with E-state index in [1.165, 1.54) is 0 Å². The molecule has 0 heterocycles. The van der Waals surface area contributed by atoms with Crippen LogP contribution in [0.4, 0.5) is 0 Å². The maximum absolute atomic E-state index is 12.5. The lowest BCUT2D eigenvalue weighted by Crippen LogP contribution is -2.05. The zero-order valence-electron chi connectivity index (χ0n) is 11.6. The number of carbonyl (C=O) groups is 1. The minimum Gasteiger partial charge on any atom is -0.496 e. The normalized spacial score (nSPS) is 10.3. The highest BCUT2D eigenvalue weighted by Gasteiger charge is 2.13. The van der Waals surface area contributed by atoms with Crippen LogP contribution in [-0.4, -0.2) is 12.9 Å². The van der Waals surface area contributed by atoms with Gasteiger partial charge in [-0.2, -0.15) is 0 Å². The van der Waals surface area contributed by atoms with Gasteiger partial charge in [0.05, 0.1) is 7.11 Å². The van der Waals surface area contributed by atoms with Crippen LogP contribution in [0, 0.1) is 6.92 Å². The van der Waals surface area contributed by atoms with Crippen molar-refractivity contribution in [3.8, 4) is 5.75 Å². The van der Waals surface area contributed by atoms with Gasteiger partial charge in [0.25, 0.3) is 0 Å². The van der Waals surface area contributed by atoms with Crippen LogP contribution in [-0.2, 0) is 6.42 Å². The molecule has 2 rings (SSSR count). The molecule has 0 aliphatic rings. The standard InChI is InChI=1S/C17H18O2/c1-4-13-7-5-6-8-15(13)17(18)14-9-10-16(19-3)12(2)11-14/h5-11H,4H2,1-3H3. The third-order valence-corrected chi connectivity index (χ3v) is 3.30. The number of hydrogen-bond acceptors (Lipinski definition) is 2. The summed E-state index contributed by atoms with van der Waals surface area (Å²) >= 11 is 0. The first-order chi connectivity index (χ1) is 9.17. The number of hydrogen-bond donors (Lipinski definition) is 0. The number of aryl methyl sites for hydroxylation is 2. The lowest BCUT2D eigenvalue weighted by atomic mass is 9.96. The molecule has 0 bridgehead atoms. The van der Waals surface area contributed by atoms with E-state index in [0.29, 0.717) is 5.56 Å². The molecule has 98 valence electrons. The average Bonchev–Trinajstić information content (AvgIpc) is 2.46. The molecule has 0 saturated carbocycles. The van der Waals surface area contributed by atoms with E-state index >= 15 is 0 Å². The summed E-state index contributed by atoms with van der Waals surface area (Å²) in [5.74, 6) is 0.878. The monoisotopic (exact) mass is 254 g/mol. The molecule has 0 radical (unpaired) electrons. The van der Waals surface area contributed by atoms with Gasteiger partial charge >= 0.3 is 0 Å². The lowest BCUT2D eigenvalue weighted by Gasteiger charge is -2.09. The second-order valence-electron chi connectivity index (χ2n) is 4.52. The Morgan fingerprint density at radius 3 is 2.53 bits per heavy atom. The SMILES string of the molecule is CCc1ccccc1C(=O)c1ccc(OC)c(C)c1. The number of benzene rings is 2. The number of ketones is 1. The van der Waals surface area contributed by atoms with Gasteiger partial charge in [0, 0.05) is 11.1 Å². The third kappa shape index (κ3) is 2.68. The van der Waals surface area contributed by atoms with Gasteiger partial charge in [0.1, 0.15) is 5.75 Å². The number of methoxy groups -OCH3 is 1. The molecule has 2 heteroatoms. The summed E-state index contributed by atoms with van der Waals surface area (Å²) in [5, 5.41) is 0. The van der Waals surface area contributed by atoms with E-state index in [9.17, 15) is 4.79 Å². The first kappa shape index (κ1) is 13.3. The summed E-state index contributed by atoms with van der Waals surface area (Å²) in [6.07, 6.45) is 0.858. The zero-order valence-corrected chi connectivity index (χ0v) is 11.6. The van der Waals surface area contributed by atoms with E-state index in [1.54, 1.807) is 7.11 Å². The van der Waals surface area contributed by atoms with E-state index in [2.05, 4.69) is 6.92 Å². The molecule has 2 aromatic rings. The predicted molar refractivity (Wildman–Crippen MR) is 77.0 cm³/mol. The summed E-state index contributed by atoms with van der Waals surface area (Å²) in [7, 11) is 1.64. The summed E-state index contributed by atoms with van der Waals surface area (Å²) in [6, 6.07) is 13.3. The highest BCUT2D eigenvalue weighted by Crippen LogP contribution is 2.21. The van der Waals surface area contributed by atoms with Gasteiger partial charge in [-0.25, -0.2) is 0 Å². The van der Waals surface area contributed by atoms with Crippen molar-refractivity contribution in [2.24, 2.45) is 0 Å². The Labute approximate surface area is 114 Å². The van der Waals surface area contributed by atoms with Crippen molar-refractivity contribution in [3.05, 3.63) is 64.7 Å². The first-order valence-electron chi connectivity index (χ1n) is 6.44. The number of rotatable bonds is 4. The fraction of sp³-hybridized carbons (Fsp3) is 0.235. The van der Waals surface area contributed by atoms with Crippen molar-refractivity contribution in [2.45, 2.75) is 20.3 Å². The zero-order chi connectivity index (χ0) is 13.8. The highest BCUT2D eigenvalue weighted by molar-refractivity contribution is 6.10. The summed E-state index contributed by atoms with van der Waals surface area (Å²) in [5.41, 5.74) is 3.55. The molecule has 0 spiro atoms. The molecule has 0 saturated heterocycles. The van der Waals surface area contributed by atoms with Gasteiger partial charge < -0.3 is 4.74 Å². The van der Waals surface area contributed by atoms with Gasteiger partial charge in [-0.1, -0.05) is 31.2 Å². The van der Waals surface area contributed by atoms with Crippen LogP contribution in [0.5, 0.6) is 5.75 Å². The number of carbonyl (C=O) groups excluding carboxylic acids is 1. The topological polar surface area (TPSA) is 26.3 Å². The minimum atomic E-state index is 0.0724. The third-order valence-electron chi connectivity index (χ3n) is 3.30. The van der Waals surface area contributed by atoms with Crippen LogP contribution < -0.4 is 4.74 Å². The maximum atomic E-state index is 12.5. The predicted octanol–water partition coefficient (Wildman–Crippen LogP) is 3.80. The van der Waals surface area contributed by atoms with Crippen LogP contribution in [0.25, 0.3) is 0 Å². The molecule has 19 heavy (non-hydrogen) atoms. The van der Waals surface area contributed by atoms with Gasteiger partial charge in [0.2, 0.25) is 0 Å². The maximum Gasteiger partial charge on any atom is 0.193 e. The Balaban J connectivity index is 2.41. The van der Waals surface area contributed by atoms with Crippen LogP contribution >= 0.6 is 0 Å². The smallest absolute Gasteiger partial charge is 0.193 e. The average molecular weight is 254 g/mol. The Morgan fingerprint density at radius 2 is 1.89 bits per heavy atom. The van der Waals surface area contributed by atoms with Crippen LogP contribution in [0.15, 0.2) is 42.5 Å². The highest BCUT2D eigenvalue weighted by atomic mass is 16.5. The van der Waals surface area contributed by atoms with Crippen molar-refractivity contribution in [1.82, 2.24) is 0 Å². The van der Waals surface area contributed by atoms with E-state index in [0.717, 1.165) is 28.9 Å². The Hall–Kier alpha value is -2.09. The molecule has 0 N–H and O–H groups in total. The van der Waals surface area contributed by atoms with Crippen molar-refractivity contribution in [3.63, 3.8) is 0 Å². The lowest BCUT2D eigenvalue weighted by molar-refractivity contribution is 0.103. The summed E-state index contributed by atoms with van der Waals surface area (Å²) in [4.78, 5) is 12.5. The van der Waals surface area contributed by atoms with Gasteiger partial charge in [-0.05, 0) is 42.7 Å². The van der Waals surface area contributed by atoms with E-state index in [4.69, 9.17) is 4.74 Å². The van der Waals surface area contributed by atoms with Gasteiger partial charge in [-0.15, -0.1) is 0 Å². The van der Waals surface area contributed by atoms with Crippen LogP contribution in [0.2, 0.25) is 0 Å². The Morgan fingerprint density at radius 1 is 1.16 bits per heavy atom. The van der Waals surface area contributed by atoms with Crippen molar-refractivity contribution >= 4 is 5.78 Å². The Bertz CT molecular complexity index is 600. The first-order valence-corrected chi connectivity index (χ1v) is 6.44. The molecule has 0 aliphatic carbocycles. The van der Waals surface area contributed by atoms with Crippen molar-refractivity contribution < 1.29 is 9.53 Å². The molecule has 0 fully saturated rings. The van der Waals surface area contributed by atoms with E-state index in [-0.39, 0.29) is 5.78 Å². The van der Waals surface area contributed by atoms with Crippen LogP contribution in [0.1, 0.15) is 34.0 Å². The summed E-state index contributed by atoms with van der Waals surface area (Å²) in [6.45, 7) is 4.01. The quantitative estimate of drug-likeness (QED) is 0.776. The molecular weight excluding hydrogens is 236 g/mol. The second kappa shape index (κ2) is 5.70. The second-order valence-corrected chi connectivity index (χ2v) is 4.52. The molecule has 0 aromatic heterocycles. The Kier molecular flexibility index (Phi) is 4.00.